The summed E-state index contributed by atoms with van der Waals surface area (Å²) in [5.41, 5.74) is -2.79. The molecule has 2 amide bonds. The van der Waals surface area contributed by atoms with E-state index in [-0.39, 0.29) is 41.3 Å². The predicted octanol–water partition coefficient (Wildman–Crippen LogP) is 4.91. The van der Waals surface area contributed by atoms with Gasteiger partial charge in [-0.05, 0) is 61.3 Å². The number of nitrogens with zero attached hydrogens (tertiary/aromatic N) is 3. The number of piperidine rings is 1. The third kappa shape index (κ3) is 6.23. The molecule has 0 radical (unpaired) electrons. The Morgan fingerprint density at radius 3 is 2.39 bits per heavy atom. The van der Waals surface area contributed by atoms with Crippen molar-refractivity contribution in [2.24, 2.45) is 10.9 Å². The molecule has 1 aromatic rings. The monoisotopic (exact) mass is 534 g/mol. The zero-order valence-corrected chi connectivity index (χ0v) is 20.1. The summed E-state index contributed by atoms with van der Waals surface area (Å²) in [4.78, 5) is 31.7. The molecule has 1 N–H and O–H groups in total. The first-order valence-electron chi connectivity index (χ1n) is 11.3. The third-order valence-corrected chi connectivity index (χ3v) is 7.29. The molecule has 1 aromatic carbocycles. The SMILES string of the molecule is CN1CC(NC2=NC(=O)SC2=CC2CCN(Cc3ccc(C(F)(F)F)cc3C(F)(F)F)CC2)CC1=O. The van der Waals surface area contributed by atoms with Gasteiger partial charge in [-0.15, -0.1) is 0 Å². The smallest absolute Gasteiger partial charge is 0.364 e. The molecule has 2 fully saturated rings. The van der Waals surface area contributed by atoms with Gasteiger partial charge in [0, 0.05) is 26.6 Å². The summed E-state index contributed by atoms with van der Waals surface area (Å²) in [5, 5.41) is 2.81. The first-order valence-corrected chi connectivity index (χ1v) is 12.1. The van der Waals surface area contributed by atoms with E-state index in [0.717, 1.165) is 17.8 Å². The first kappa shape index (κ1) is 26.5. The van der Waals surface area contributed by atoms with Crippen LogP contribution in [-0.4, -0.2) is 59.5 Å². The molecule has 3 heterocycles. The summed E-state index contributed by atoms with van der Waals surface area (Å²) >= 11 is 0.991. The molecular formula is C23H24F6N4O2S. The largest absolute Gasteiger partial charge is 0.416 e. The van der Waals surface area contributed by atoms with Gasteiger partial charge in [-0.25, -0.2) is 0 Å². The van der Waals surface area contributed by atoms with E-state index in [9.17, 15) is 35.9 Å². The third-order valence-electron chi connectivity index (χ3n) is 6.47. The Bertz CT molecular complexity index is 1090. The number of carbonyl (C=O) groups excluding carboxylic acids is 2. The van der Waals surface area contributed by atoms with Crippen LogP contribution in [0.2, 0.25) is 0 Å². The van der Waals surface area contributed by atoms with Gasteiger partial charge in [0.15, 0.2) is 0 Å². The van der Waals surface area contributed by atoms with Gasteiger partial charge in [-0.3, -0.25) is 14.5 Å². The normalized spacial score (nSPS) is 23.6. The number of amidine groups is 1. The fourth-order valence-electron chi connectivity index (χ4n) is 4.57. The predicted molar refractivity (Wildman–Crippen MR) is 122 cm³/mol. The van der Waals surface area contributed by atoms with E-state index in [1.807, 2.05) is 6.08 Å². The van der Waals surface area contributed by atoms with Gasteiger partial charge in [0.2, 0.25) is 5.91 Å². The summed E-state index contributed by atoms with van der Waals surface area (Å²) in [6, 6.07) is 1.61. The Balaban J connectivity index is 1.38. The summed E-state index contributed by atoms with van der Waals surface area (Å²) in [5.74, 6) is 0.494. The van der Waals surface area contributed by atoms with Crippen molar-refractivity contribution in [2.45, 2.75) is 44.2 Å². The number of alkyl halides is 6. The summed E-state index contributed by atoms with van der Waals surface area (Å²) < 4.78 is 79.1. The Morgan fingerprint density at radius 1 is 1.11 bits per heavy atom. The highest BCUT2D eigenvalue weighted by atomic mass is 32.2. The lowest BCUT2D eigenvalue weighted by Crippen LogP contribution is -2.37. The lowest BCUT2D eigenvalue weighted by molar-refractivity contribution is -0.143. The number of thioether (sulfide) groups is 1. The Hall–Kier alpha value is -2.54. The molecule has 4 rings (SSSR count). The van der Waals surface area contributed by atoms with E-state index >= 15 is 0 Å². The van der Waals surface area contributed by atoms with E-state index in [2.05, 4.69) is 10.3 Å². The van der Waals surface area contributed by atoms with Crippen LogP contribution in [0, 0.1) is 5.92 Å². The van der Waals surface area contributed by atoms with Gasteiger partial charge in [-0.2, -0.15) is 31.3 Å². The minimum absolute atomic E-state index is 0.00436. The average Bonchev–Trinajstić information content (AvgIpc) is 3.28. The Kier molecular flexibility index (Phi) is 7.42. The Labute approximate surface area is 207 Å². The summed E-state index contributed by atoms with van der Waals surface area (Å²) in [6.45, 7) is 1.30. The van der Waals surface area contributed by atoms with Crippen LogP contribution >= 0.6 is 11.8 Å². The van der Waals surface area contributed by atoms with E-state index < -0.39 is 23.5 Å². The van der Waals surface area contributed by atoms with Gasteiger partial charge in [0.1, 0.15) is 5.84 Å². The molecule has 196 valence electrons. The molecule has 6 nitrogen and oxygen atoms in total. The quantitative estimate of drug-likeness (QED) is 0.557. The molecule has 3 aliphatic rings. The van der Waals surface area contributed by atoms with E-state index in [1.165, 1.54) is 0 Å². The number of carbonyl (C=O) groups is 2. The fourth-order valence-corrected chi connectivity index (χ4v) is 5.36. The van der Waals surface area contributed by atoms with Crippen LogP contribution in [0.5, 0.6) is 0 Å². The summed E-state index contributed by atoms with van der Waals surface area (Å²) in [7, 11) is 1.70. The van der Waals surface area contributed by atoms with Gasteiger partial charge in [-0.1, -0.05) is 12.1 Å². The van der Waals surface area contributed by atoms with Crippen LogP contribution in [0.1, 0.15) is 36.0 Å². The van der Waals surface area contributed by atoms with Gasteiger partial charge < -0.3 is 10.2 Å². The van der Waals surface area contributed by atoms with Gasteiger partial charge in [0.25, 0.3) is 0 Å². The van der Waals surface area contributed by atoms with E-state index in [1.54, 1.807) is 16.8 Å². The number of likely N-dealkylation sites (N-methyl/N-ethyl adjacent to an activating group) is 1. The molecule has 0 saturated carbocycles. The van der Waals surface area contributed by atoms with Crippen molar-refractivity contribution in [3.63, 3.8) is 0 Å². The van der Waals surface area contributed by atoms with Crippen LogP contribution in [-0.2, 0) is 23.7 Å². The second kappa shape index (κ2) is 10.1. The number of rotatable bonds is 4. The number of aliphatic imine (C=N–C) groups is 1. The fraction of sp³-hybridized carbons (Fsp3) is 0.522. The zero-order valence-electron chi connectivity index (χ0n) is 19.2. The van der Waals surface area contributed by atoms with Crippen molar-refractivity contribution in [3.05, 3.63) is 45.9 Å². The highest BCUT2D eigenvalue weighted by Crippen LogP contribution is 2.38. The van der Waals surface area contributed by atoms with E-state index in [0.29, 0.717) is 55.7 Å². The number of halogens is 6. The molecule has 36 heavy (non-hydrogen) atoms. The summed E-state index contributed by atoms with van der Waals surface area (Å²) in [6.07, 6.45) is -6.30. The van der Waals surface area contributed by atoms with Crippen LogP contribution in [0.3, 0.4) is 0 Å². The van der Waals surface area contributed by atoms with Crippen LogP contribution in [0.25, 0.3) is 0 Å². The highest BCUT2D eigenvalue weighted by molar-refractivity contribution is 8.18. The minimum Gasteiger partial charge on any atom is -0.364 e. The molecule has 2 saturated heterocycles. The lowest BCUT2D eigenvalue weighted by atomic mass is 9.95. The molecule has 1 atom stereocenters. The van der Waals surface area contributed by atoms with Gasteiger partial charge >= 0.3 is 17.6 Å². The lowest BCUT2D eigenvalue weighted by Gasteiger charge is -2.31. The maximum absolute atomic E-state index is 13.5. The molecule has 13 heteroatoms. The molecule has 1 unspecified atom stereocenters. The van der Waals surface area contributed by atoms with Crippen molar-refractivity contribution in [3.8, 4) is 0 Å². The van der Waals surface area contributed by atoms with Crippen molar-refractivity contribution in [2.75, 3.05) is 26.7 Å². The number of nitrogens with one attached hydrogen (secondary N) is 1. The van der Waals surface area contributed by atoms with Crippen molar-refractivity contribution in [1.82, 2.24) is 15.1 Å². The van der Waals surface area contributed by atoms with E-state index in [4.69, 9.17) is 0 Å². The molecule has 0 aromatic heterocycles. The number of amides is 2. The van der Waals surface area contributed by atoms with Crippen LogP contribution in [0.15, 0.2) is 34.2 Å². The number of benzene rings is 1. The van der Waals surface area contributed by atoms with Crippen molar-refractivity contribution < 1.29 is 35.9 Å². The zero-order chi connectivity index (χ0) is 26.3. The molecular weight excluding hydrogens is 510 g/mol. The number of allylic oxidation sites excluding steroid dienone is 1. The standard InChI is InChI=1S/C23H24F6N4O2S/c1-32-12-16(10-19(32)34)30-20-18(36-21(35)31-20)8-13-4-6-33(7-5-13)11-14-2-3-15(22(24,25)26)9-17(14)23(27,28)29/h2-3,8-9,13,16H,4-7,10-12H2,1H3,(H,30,31,35). The number of hydrogen-bond donors (Lipinski definition) is 1. The van der Waals surface area contributed by atoms with Crippen LogP contribution in [0.4, 0.5) is 31.1 Å². The first-order chi connectivity index (χ1) is 16.8. The topological polar surface area (TPSA) is 65.0 Å². The van der Waals surface area contributed by atoms with Crippen molar-refractivity contribution in [1.29, 1.82) is 0 Å². The minimum atomic E-state index is -4.90. The van der Waals surface area contributed by atoms with Crippen LogP contribution < -0.4 is 5.32 Å². The highest BCUT2D eigenvalue weighted by Gasteiger charge is 2.38. The average molecular weight is 535 g/mol. The number of likely N-dealkylation sites (tertiary alicyclic amines) is 2. The maximum Gasteiger partial charge on any atom is 0.416 e. The second-order valence-electron chi connectivity index (χ2n) is 9.16. The van der Waals surface area contributed by atoms with Gasteiger partial charge in [0.05, 0.1) is 22.1 Å². The Morgan fingerprint density at radius 2 is 1.81 bits per heavy atom. The number of hydrogen-bond acceptors (Lipinski definition) is 5. The second-order valence-corrected chi connectivity index (χ2v) is 10.2. The maximum atomic E-state index is 13.5. The molecule has 0 bridgehead atoms. The van der Waals surface area contributed by atoms with Crippen molar-refractivity contribution >= 4 is 28.7 Å². The molecule has 0 spiro atoms. The molecule has 0 aliphatic carbocycles. The molecule has 3 aliphatic heterocycles.